The fraction of sp³-hybridized carbons (Fsp3) is 0.235. The van der Waals surface area contributed by atoms with Crippen molar-refractivity contribution in [3.8, 4) is 5.75 Å². The Morgan fingerprint density at radius 1 is 1.08 bits per heavy atom. The number of hydrazine groups is 1. The van der Waals surface area contributed by atoms with Crippen molar-refractivity contribution in [3.63, 3.8) is 0 Å². The monoisotopic (exact) mass is 333 g/mol. The Morgan fingerprint density at radius 3 is 2.54 bits per heavy atom. The Labute approximate surface area is 138 Å². The summed E-state index contributed by atoms with van der Waals surface area (Å²) < 4.78 is 29.3. The van der Waals surface area contributed by atoms with Gasteiger partial charge < -0.3 is 10.1 Å². The van der Waals surface area contributed by atoms with Crippen molar-refractivity contribution in [2.24, 2.45) is 0 Å². The first-order chi connectivity index (χ1) is 11.6. The van der Waals surface area contributed by atoms with Gasteiger partial charge >= 0.3 is 6.61 Å². The molecule has 1 fully saturated rings. The SMILES string of the molecule is O=C(Nc1ccccc1OC(F)F)C1CC(c2ccccc2)NN1. The zero-order valence-corrected chi connectivity index (χ0v) is 12.7. The van der Waals surface area contributed by atoms with E-state index >= 15 is 0 Å². The van der Waals surface area contributed by atoms with Crippen molar-refractivity contribution in [3.05, 3.63) is 60.2 Å². The summed E-state index contributed by atoms with van der Waals surface area (Å²) in [7, 11) is 0. The average molecular weight is 333 g/mol. The molecule has 0 spiro atoms. The van der Waals surface area contributed by atoms with E-state index in [1.165, 1.54) is 12.1 Å². The first-order valence-electron chi connectivity index (χ1n) is 7.54. The highest BCUT2D eigenvalue weighted by Gasteiger charge is 2.30. The first kappa shape index (κ1) is 16.4. The number of carbonyl (C=O) groups is 1. The van der Waals surface area contributed by atoms with Crippen LogP contribution >= 0.6 is 0 Å². The molecule has 2 aromatic carbocycles. The quantitative estimate of drug-likeness (QED) is 0.787. The van der Waals surface area contributed by atoms with Gasteiger partial charge in [0.2, 0.25) is 5.91 Å². The van der Waals surface area contributed by atoms with Gasteiger partial charge in [-0.1, -0.05) is 42.5 Å². The highest BCUT2D eigenvalue weighted by atomic mass is 19.3. The van der Waals surface area contributed by atoms with Crippen molar-refractivity contribution in [1.82, 2.24) is 10.9 Å². The van der Waals surface area contributed by atoms with Gasteiger partial charge in [-0.3, -0.25) is 4.79 Å². The summed E-state index contributed by atoms with van der Waals surface area (Å²) in [5.74, 6) is -0.377. The zero-order valence-electron chi connectivity index (χ0n) is 12.7. The van der Waals surface area contributed by atoms with Gasteiger partial charge in [0.25, 0.3) is 0 Å². The van der Waals surface area contributed by atoms with Crippen LogP contribution in [0.4, 0.5) is 14.5 Å². The second-order valence-electron chi connectivity index (χ2n) is 5.40. The van der Waals surface area contributed by atoms with Crippen LogP contribution in [0, 0.1) is 0 Å². The van der Waals surface area contributed by atoms with Crippen LogP contribution in [-0.4, -0.2) is 18.6 Å². The van der Waals surface area contributed by atoms with Crippen molar-refractivity contribution in [2.75, 3.05) is 5.32 Å². The number of hydrogen-bond acceptors (Lipinski definition) is 4. The Balaban J connectivity index is 1.64. The Morgan fingerprint density at radius 2 is 1.79 bits per heavy atom. The van der Waals surface area contributed by atoms with Crippen LogP contribution in [0.5, 0.6) is 5.75 Å². The largest absolute Gasteiger partial charge is 0.433 e. The molecule has 1 saturated heterocycles. The molecule has 0 aromatic heterocycles. The molecule has 126 valence electrons. The number of ether oxygens (including phenoxy) is 1. The maximum atomic E-state index is 12.4. The van der Waals surface area contributed by atoms with E-state index in [0.29, 0.717) is 6.42 Å². The molecule has 0 bridgehead atoms. The summed E-state index contributed by atoms with van der Waals surface area (Å²) in [5, 5.41) is 2.63. The molecule has 7 heteroatoms. The number of carbonyl (C=O) groups excluding carboxylic acids is 1. The molecule has 0 radical (unpaired) electrons. The van der Waals surface area contributed by atoms with Crippen LogP contribution in [0.2, 0.25) is 0 Å². The smallest absolute Gasteiger partial charge is 0.387 e. The Bertz CT molecular complexity index is 697. The van der Waals surface area contributed by atoms with Crippen LogP contribution in [-0.2, 0) is 4.79 Å². The number of alkyl halides is 2. The minimum Gasteiger partial charge on any atom is -0.433 e. The van der Waals surface area contributed by atoms with Crippen LogP contribution in [0.25, 0.3) is 0 Å². The zero-order chi connectivity index (χ0) is 16.9. The van der Waals surface area contributed by atoms with Crippen molar-refractivity contribution in [1.29, 1.82) is 0 Å². The van der Waals surface area contributed by atoms with E-state index in [9.17, 15) is 13.6 Å². The van der Waals surface area contributed by atoms with Crippen LogP contribution < -0.4 is 20.9 Å². The minimum atomic E-state index is -2.95. The molecule has 2 atom stereocenters. The minimum absolute atomic E-state index is 0.00880. The van der Waals surface area contributed by atoms with Crippen molar-refractivity contribution >= 4 is 11.6 Å². The van der Waals surface area contributed by atoms with E-state index in [-0.39, 0.29) is 23.4 Å². The lowest BCUT2D eigenvalue weighted by Crippen LogP contribution is -2.39. The lowest BCUT2D eigenvalue weighted by atomic mass is 10.0. The van der Waals surface area contributed by atoms with E-state index in [2.05, 4.69) is 20.9 Å². The summed E-state index contributed by atoms with van der Waals surface area (Å²) in [4.78, 5) is 12.4. The van der Waals surface area contributed by atoms with Gasteiger partial charge in [0.05, 0.1) is 5.69 Å². The molecule has 0 saturated carbocycles. The van der Waals surface area contributed by atoms with Gasteiger partial charge in [0.1, 0.15) is 11.8 Å². The van der Waals surface area contributed by atoms with Gasteiger partial charge in [0, 0.05) is 6.04 Å². The van der Waals surface area contributed by atoms with E-state index in [0.717, 1.165) is 5.56 Å². The van der Waals surface area contributed by atoms with E-state index in [4.69, 9.17) is 0 Å². The van der Waals surface area contributed by atoms with E-state index in [1.54, 1.807) is 12.1 Å². The molecule has 1 aliphatic rings. The fourth-order valence-electron chi connectivity index (χ4n) is 2.62. The second-order valence-corrected chi connectivity index (χ2v) is 5.40. The Kier molecular flexibility index (Phi) is 5.02. The molecular weight excluding hydrogens is 316 g/mol. The third-order valence-corrected chi connectivity index (χ3v) is 3.78. The molecule has 2 unspecified atom stereocenters. The second kappa shape index (κ2) is 7.37. The maximum Gasteiger partial charge on any atom is 0.387 e. The number of rotatable bonds is 5. The van der Waals surface area contributed by atoms with E-state index in [1.807, 2.05) is 30.3 Å². The Hall–Kier alpha value is -2.51. The molecule has 1 aliphatic heterocycles. The molecule has 1 heterocycles. The normalized spacial score (nSPS) is 20.1. The molecule has 0 aliphatic carbocycles. The number of anilines is 1. The number of nitrogens with one attached hydrogen (secondary N) is 3. The summed E-state index contributed by atoms with van der Waals surface area (Å²) >= 11 is 0. The highest BCUT2D eigenvalue weighted by Crippen LogP contribution is 2.27. The molecule has 3 rings (SSSR count). The maximum absolute atomic E-state index is 12.4. The van der Waals surface area contributed by atoms with E-state index < -0.39 is 12.7 Å². The molecule has 5 nitrogen and oxygen atoms in total. The standard InChI is InChI=1S/C17H17F2N3O2/c18-17(19)24-15-9-5-4-8-12(15)20-16(23)14-10-13(21-22-14)11-6-2-1-3-7-11/h1-9,13-14,17,21-22H,10H2,(H,20,23). The molecule has 3 N–H and O–H groups in total. The third kappa shape index (κ3) is 3.87. The lowest BCUT2D eigenvalue weighted by molar-refractivity contribution is -0.118. The number of halogens is 2. The van der Waals surface area contributed by atoms with Crippen LogP contribution in [0.1, 0.15) is 18.0 Å². The average Bonchev–Trinajstić information content (AvgIpc) is 3.07. The van der Waals surface area contributed by atoms with Gasteiger partial charge in [-0.05, 0) is 24.1 Å². The number of benzene rings is 2. The number of para-hydroxylation sites is 2. The summed E-state index contributed by atoms with van der Waals surface area (Å²) in [6.07, 6.45) is 0.549. The third-order valence-electron chi connectivity index (χ3n) is 3.78. The predicted molar refractivity (Wildman–Crippen MR) is 85.6 cm³/mol. The first-order valence-corrected chi connectivity index (χ1v) is 7.54. The van der Waals surface area contributed by atoms with Crippen molar-refractivity contribution in [2.45, 2.75) is 25.1 Å². The van der Waals surface area contributed by atoms with Crippen LogP contribution in [0.3, 0.4) is 0 Å². The molecule has 24 heavy (non-hydrogen) atoms. The summed E-state index contributed by atoms with van der Waals surface area (Å²) in [6, 6.07) is 15.4. The molecule has 1 amide bonds. The number of amides is 1. The van der Waals surface area contributed by atoms with Gasteiger partial charge in [0.15, 0.2) is 0 Å². The predicted octanol–water partition coefficient (Wildman–Crippen LogP) is 2.83. The summed E-state index contributed by atoms with van der Waals surface area (Å²) in [6.45, 7) is -2.95. The molecule has 2 aromatic rings. The van der Waals surface area contributed by atoms with Gasteiger partial charge in [-0.15, -0.1) is 0 Å². The summed E-state index contributed by atoms with van der Waals surface area (Å²) in [5.41, 5.74) is 7.30. The topological polar surface area (TPSA) is 62.4 Å². The van der Waals surface area contributed by atoms with Gasteiger partial charge in [-0.2, -0.15) is 8.78 Å². The van der Waals surface area contributed by atoms with Crippen LogP contribution in [0.15, 0.2) is 54.6 Å². The lowest BCUT2D eigenvalue weighted by Gasteiger charge is -2.14. The fourth-order valence-corrected chi connectivity index (χ4v) is 2.62. The number of hydrogen-bond donors (Lipinski definition) is 3. The van der Waals surface area contributed by atoms with Gasteiger partial charge in [-0.25, -0.2) is 10.9 Å². The van der Waals surface area contributed by atoms with Crippen molar-refractivity contribution < 1.29 is 18.3 Å². The molecular formula is C17H17F2N3O2. The highest BCUT2D eigenvalue weighted by molar-refractivity contribution is 5.96.